The lowest BCUT2D eigenvalue weighted by atomic mass is 9.89. The molecule has 5 heteroatoms. The van der Waals surface area contributed by atoms with Crippen molar-refractivity contribution in [3.8, 4) is 11.3 Å². The molecule has 1 amide bonds. The first kappa shape index (κ1) is 20.6. The van der Waals surface area contributed by atoms with Gasteiger partial charge >= 0.3 is 0 Å². The van der Waals surface area contributed by atoms with E-state index in [1.165, 1.54) is 38.2 Å². The molecule has 1 aliphatic carbocycles. The number of rotatable bonds is 7. The SMILES string of the molecule is CCCCNC(=O)c1cc(-c2ccc(F)c(F)c2)n(CC2CCCCC2)c1C. The molecular formula is C23H30F2N2O. The minimum Gasteiger partial charge on any atom is -0.352 e. The molecule has 1 fully saturated rings. The van der Waals surface area contributed by atoms with E-state index >= 15 is 0 Å². The average Bonchev–Trinajstić information content (AvgIpc) is 3.01. The molecule has 1 aromatic carbocycles. The highest BCUT2D eigenvalue weighted by Gasteiger charge is 2.22. The third kappa shape index (κ3) is 4.62. The summed E-state index contributed by atoms with van der Waals surface area (Å²) < 4.78 is 29.4. The molecule has 0 unspecified atom stereocenters. The van der Waals surface area contributed by atoms with Crippen molar-refractivity contribution in [2.75, 3.05) is 6.54 Å². The second-order valence-electron chi connectivity index (χ2n) is 7.88. The van der Waals surface area contributed by atoms with Gasteiger partial charge in [0.15, 0.2) is 11.6 Å². The predicted octanol–water partition coefficient (Wildman–Crippen LogP) is 5.85. The first-order valence-corrected chi connectivity index (χ1v) is 10.4. The van der Waals surface area contributed by atoms with Crippen LogP contribution < -0.4 is 5.32 Å². The van der Waals surface area contributed by atoms with Gasteiger partial charge in [0, 0.05) is 30.0 Å². The van der Waals surface area contributed by atoms with E-state index in [0.29, 0.717) is 23.6 Å². The van der Waals surface area contributed by atoms with Crippen molar-refractivity contribution >= 4 is 5.91 Å². The number of unbranched alkanes of at least 4 members (excludes halogenated alkanes) is 1. The van der Waals surface area contributed by atoms with Crippen LogP contribution in [0, 0.1) is 24.5 Å². The van der Waals surface area contributed by atoms with E-state index in [1.807, 2.05) is 13.0 Å². The number of aromatic nitrogens is 1. The third-order valence-corrected chi connectivity index (χ3v) is 5.81. The van der Waals surface area contributed by atoms with Crippen LogP contribution in [-0.2, 0) is 6.54 Å². The first-order valence-electron chi connectivity index (χ1n) is 10.4. The fourth-order valence-corrected chi connectivity index (χ4v) is 4.11. The maximum absolute atomic E-state index is 13.9. The minimum absolute atomic E-state index is 0.0998. The van der Waals surface area contributed by atoms with E-state index in [1.54, 1.807) is 6.07 Å². The van der Waals surface area contributed by atoms with Crippen molar-refractivity contribution < 1.29 is 13.6 Å². The summed E-state index contributed by atoms with van der Waals surface area (Å²) in [6, 6.07) is 5.79. The molecule has 1 N–H and O–H groups in total. The smallest absolute Gasteiger partial charge is 0.253 e. The zero-order valence-corrected chi connectivity index (χ0v) is 16.9. The van der Waals surface area contributed by atoms with Crippen molar-refractivity contribution in [3.63, 3.8) is 0 Å². The third-order valence-electron chi connectivity index (χ3n) is 5.81. The van der Waals surface area contributed by atoms with E-state index < -0.39 is 11.6 Å². The van der Waals surface area contributed by atoms with Gasteiger partial charge in [-0.3, -0.25) is 4.79 Å². The monoisotopic (exact) mass is 388 g/mol. The number of carbonyl (C=O) groups excluding carboxylic acids is 1. The molecule has 1 aliphatic rings. The summed E-state index contributed by atoms with van der Waals surface area (Å²) in [5.74, 6) is -1.27. The highest BCUT2D eigenvalue weighted by Crippen LogP contribution is 2.31. The van der Waals surface area contributed by atoms with Crippen molar-refractivity contribution in [3.05, 3.63) is 47.2 Å². The van der Waals surface area contributed by atoms with Gasteiger partial charge in [0.05, 0.1) is 5.56 Å². The zero-order chi connectivity index (χ0) is 20.1. The molecule has 0 radical (unpaired) electrons. The van der Waals surface area contributed by atoms with Gasteiger partial charge in [0.1, 0.15) is 0 Å². The van der Waals surface area contributed by atoms with Gasteiger partial charge < -0.3 is 9.88 Å². The molecule has 3 rings (SSSR count). The summed E-state index contributed by atoms with van der Waals surface area (Å²) in [5.41, 5.74) is 2.89. The van der Waals surface area contributed by atoms with Crippen LogP contribution in [0.1, 0.15) is 67.9 Å². The zero-order valence-electron chi connectivity index (χ0n) is 16.9. The summed E-state index contributed by atoms with van der Waals surface area (Å²) in [7, 11) is 0. The van der Waals surface area contributed by atoms with Crippen molar-refractivity contribution in [2.45, 2.75) is 65.3 Å². The predicted molar refractivity (Wildman–Crippen MR) is 108 cm³/mol. The standard InChI is InChI=1S/C23H30F2N2O/c1-3-4-12-26-23(28)19-14-22(18-10-11-20(24)21(25)13-18)27(16(19)2)15-17-8-6-5-7-9-17/h10-11,13-14,17H,3-9,12,15H2,1-2H3,(H,26,28). The summed E-state index contributed by atoms with van der Waals surface area (Å²) in [6.07, 6.45) is 8.04. The van der Waals surface area contributed by atoms with Gasteiger partial charge in [0.25, 0.3) is 5.91 Å². The molecule has 152 valence electrons. The number of carbonyl (C=O) groups is 1. The second-order valence-corrected chi connectivity index (χ2v) is 7.88. The normalized spacial score (nSPS) is 15.0. The Bertz CT molecular complexity index is 822. The van der Waals surface area contributed by atoms with Gasteiger partial charge in [-0.15, -0.1) is 0 Å². The molecule has 0 spiro atoms. The molecular weight excluding hydrogens is 358 g/mol. The Hall–Kier alpha value is -2.17. The number of amides is 1. The Labute approximate surface area is 166 Å². The quantitative estimate of drug-likeness (QED) is 0.593. The molecule has 2 aromatic rings. The van der Waals surface area contributed by atoms with Crippen LogP contribution in [-0.4, -0.2) is 17.0 Å². The highest BCUT2D eigenvalue weighted by molar-refractivity contribution is 5.97. The van der Waals surface area contributed by atoms with Gasteiger partial charge in [0.2, 0.25) is 0 Å². The van der Waals surface area contributed by atoms with E-state index in [2.05, 4.69) is 16.8 Å². The van der Waals surface area contributed by atoms with Crippen LogP contribution in [0.4, 0.5) is 8.78 Å². The summed E-state index contributed by atoms with van der Waals surface area (Å²) in [6.45, 7) is 5.48. The van der Waals surface area contributed by atoms with Gasteiger partial charge in [-0.05, 0) is 56.4 Å². The van der Waals surface area contributed by atoms with Crippen LogP contribution in [0.3, 0.4) is 0 Å². The average molecular weight is 389 g/mol. The number of hydrogen-bond acceptors (Lipinski definition) is 1. The fourth-order valence-electron chi connectivity index (χ4n) is 4.11. The largest absolute Gasteiger partial charge is 0.352 e. The highest BCUT2D eigenvalue weighted by atomic mass is 19.2. The number of halogens is 2. The number of benzene rings is 1. The van der Waals surface area contributed by atoms with Crippen LogP contribution in [0.2, 0.25) is 0 Å². The van der Waals surface area contributed by atoms with Gasteiger partial charge in [-0.2, -0.15) is 0 Å². The number of hydrogen-bond donors (Lipinski definition) is 1. The Kier molecular flexibility index (Phi) is 6.87. The lowest BCUT2D eigenvalue weighted by Gasteiger charge is -2.24. The maximum atomic E-state index is 13.9. The molecule has 0 atom stereocenters. The van der Waals surface area contributed by atoms with Crippen LogP contribution in [0.15, 0.2) is 24.3 Å². The molecule has 0 saturated heterocycles. The topological polar surface area (TPSA) is 34.0 Å². The van der Waals surface area contributed by atoms with Crippen LogP contribution >= 0.6 is 0 Å². The molecule has 0 aliphatic heterocycles. The minimum atomic E-state index is -0.866. The van der Waals surface area contributed by atoms with E-state index in [4.69, 9.17) is 0 Å². The van der Waals surface area contributed by atoms with E-state index in [-0.39, 0.29) is 5.91 Å². The van der Waals surface area contributed by atoms with Crippen molar-refractivity contribution in [2.24, 2.45) is 5.92 Å². The lowest BCUT2D eigenvalue weighted by molar-refractivity contribution is 0.0952. The van der Waals surface area contributed by atoms with Crippen molar-refractivity contribution in [1.29, 1.82) is 0 Å². The van der Waals surface area contributed by atoms with Gasteiger partial charge in [-0.25, -0.2) is 8.78 Å². The molecule has 1 heterocycles. The number of nitrogens with zero attached hydrogens (tertiary/aromatic N) is 1. The molecule has 1 aromatic heterocycles. The van der Waals surface area contributed by atoms with E-state index in [0.717, 1.165) is 36.8 Å². The van der Waals surface area contributed by atoms with Crippen LogP contribution in [0.5, 0.6) is 0 Å². The Morgan fingerprint density at radius 3 is 2.57 bits per heavy atom. The van der Waals surface area contributed by atoms with Gasteiger partial charge in [-0.1, -0.05) is 32.6 Å². The van der Waals surface area contributed by atoms with Crippen molar-refractivity contribution in [1.82, 2.24) is 9.88 Å². The fraction of sp³-hybridized carbons (Fsp3) is 0.522. The molecule has 28 heavy (non-hydrogen) atoms. The molecule has 3 nitrogen and oxygen atoms in total. The summed E-state index contributed by atoms with van der Waals surface area (Å²) in [4.78, 5) is 12.7. The Morgan fingerprint density at radius 2 is 1.89 bits per heavy atom. The van der Waals surface area contributed by atoms with Crippen LogP contribution in [0.25, 0.3) is 11.3 Å². The Morgan fingerprint density at radius 1 is 1.14 bits per heavy atom. The maximum Gasteiger partial charge on any atom is 0.253 e. The lowest BCUT2D eigenvalue weighted by Crippen LogP contribution is -2.25. The first-order chi connectivity index (χ1) is 13.5. The molecule has 0 bridgehead atoms. The second kappa shape index (κ2) is 9.35. The summed E-state index contributed by atoms with van der Waals surface area (Å²) >= 11 is 0. The number of nitrogens with one attached hydrogen (secondary N) is 1. The molecule has 1 saturated carbocycles. The Balaban J connectivity index is 1.96. The summed E-state index contributed by atoms with van der Waals surface area (Å²) in [5, 5.41) is 2.97. The van der Waals surface area contributed by atoms with E-state index in [9.17, 15) is 13.6 Å².